The first kappa shape index (κ1) is 14.8. The van der Waals surface area contributed by atoms with Crippen molar-refractivity contribution < 1.29 is 0 Å². The van der Waals surface area contributed by atoms with E-state index in [-0.39, 0.29) is 0 Å². The Bertz CT molecular complexity index is 393. The molecular formula is C15H24ClN3. The van der Waals surface area contributed by atoms with Gasteiger partial charge in [-0.3, -0.25) is 4.90 Å². The van der Waals surface area contributed by atoms with Gasteiger partial charge in [-0.05, 0) is 45.3 Å². The Labute approximate surface area is 121 Å². The number of nitrogens with one attached hydrogen (secondary N) is 1. The average Bonchev–Trinajstić information content (AvgIpc) is 2.41. The number of benzene rings is 1. The van der Waals surface area contributed by atoms with E-state index in [1.807, 2.05) is 12.1 Å². The van der Waals surface area contributed by atoms with Crippen LogP contribution in [0.15, 0.2) is 24.3 Å². The first-order valence-electron chi connectivity index (χ1n) is 6.90. The summed E-state index contributed by atoms with van der Waals surface area (Å²) in [6, 6.07) is 9.22. The highest BCUT2D eigenvalue weighted by Crippen LogP contribution is 2.16. The Morgan fingerprint density at radius 2 is 1.95 bits per heavy atom. The van der Waals surface area contributed by atoms with Crippen molar-refractivity contribution in [3.05, 3.63) is 34.9 Å². The molecule has 1 saturated heterocycles. The van der Waals surface area contributed by atoms with Crippen molar-refractivity contribution in [1.29, 1.82) is 0 Å². The van der Waals surface area contributed by atoms with Crippen LogP contribution in [0.25, 0.3) is 0 Å². The number of rotatable bonds is 4. The van der Waals surface area contributed by atoms with Crippen LogP contribution in [0.5, 0.6) is 0 Å². The molecule has 0 bridgehead atoms. The maximum Gasteiger partial charge on any atom is 0.0406 e. The SMILES string of the molecule is CNC(Cc1ccc(Cl)cc1)C1CN(C)CCN1C. The molecule has 2 rings (SSSR count). The topological polar surface area (TPSA) is 18.5 Å². The summed E-state index contributed by atoms with van der Waals surface area (Å²) in [6.45, 7) is 3.42. The van der Waals surface area contributed by atoms with Crippen molar-refractivity contribution in [2.75, 3.05) is 40.8 Å². The highest BCUT2D eigenvalue weighted by Gasteiger charge is 2.28. The molecule has 1 heterocycles. The molecule has 0 saturated carbocycles. The molecule has 1 aromatic carbocycles. The van der Waals surface area contributed by atoms with E-state index in [0.29, 0.717) is 12.1 Å². The third-order valence-corrected chi connectivity index (χ3v) is 4.36. The minimum atomic E-state index is 0.467. The van der Waals surface area contributed by atoms with Crippen LogP contribution in [0.1, 0.15) is 5.56 Å². The van der Waals surface area contributed by atoms with Gasteiger partial charge in [0.2, 0.25) is 0 Å². The van der Waals surface area contributed by atoms with Gasteiger partial charge in [-0.2, -0.15) is 0 Å². The first-order valence-corrected chi connectivity index (χ1v) is 7.28. The fraction of sp³-hybridized carbons (Fsp3) is 0.600. The van der Waals surface area contributed by atoms with Gasteiger partial charge in [-0.15, -0.1) is 0 Å². The molecule has 0 amide bonds. The van der Waals surface area contributed by atoms with Crippen molar-refractivity contribution in [2.24, 2.45) is 0 Å². The average molecular weight is 282 g/mol. The zero-order chi connectivity index (χ0) is 13.8. The second-order valence-electron chi connectivity index (χ2n) is 5.54. The van der Waals surface area contributed by atoms with Gasteiger partial charge < -0.3 is 10.2 Å². The lowest BCUT2D eigenvalue weighted by Gasteiger charge is -2.42. The molecule has 1 fully saturated rings. The van der Waals surface area contributed by atoms with Gasteiger partial charge in [-0.1, -0.05) is 23.7 Å². The lowest BCUT2D eigenvalue weighted by molar-refractivity contribution is 0.0897. The lowest BCUT2D eigenvalue weighted by atomic mass is 9.97. The third-order valence-electron chi connectivity index (χ3n) is 4.10. The summed E-state index contributed by atoms with van der Waals surface area (Å²) in [5.74, 6) is 0. The Hall–Kier alpha value is -0.610. The number of halogens is 1. The van der Waals surface area contributed by atoms with E-state index in [2.05, 4.69) is 48.4 Å². The summed E-state index contributed by atoms with van der Waals surface area (Å²) in [5.41, 5.74) is 1.34. The fourth-order valence-electron chi connectivity index (χ4n) is 2.78. The van der Waals surface area contributed by atoms with Crippen molar-refractivity contribution in [3.8, 4) is 0 Å². The molecule has 0 aromatic heterocycles. The van der Waals surface area contributed by atoms with E-state index in [1.54, 1.807) is 0 Å². The molecule has 2 unspecified atom stereocenters. The molecule has 1 aromatic rings. The van der Waals surface area contributed by atoms with Crippen LogP contribution in [0.4, 0.5) is 0 Å². The first-order chi connectivity index (χ1) is 9.10. The third kappa shape index (κ3) is 3.93. The smallest absolute Gasteiger partial charge is 0.0406 e. The van der Waals surface area contributed by atoms with Gasteiger partial charge in [0.1, 0.15) is 0 Å². The van der Waals surface area contributed by atoms with E-state index in [0.717, 1.165) is 31.1 Å². The Kier molecular flexibility index (Phi) is 5.22. The van der Waals surface area contributed by atoms with Crippen molar-refractivity contribution in [3.63, 3.8) is 0 Å². The van der Waals surface area contributed by atoms with E-state index in [4.69, 9.17) is 11.6 Å². The molecule has 0 spiro atoms. The number of nitrogens with zero attached hydrogens (tertiary/aromatic N) is 2. The summed E-state index contributed by atoms with van der Waals surface area (Å²) >= 11 is 5.94. The summed E-state index contributed by atoms with van der Waals surface area (Å²) in [6.07, 6.45) is 1.04. The van der Waals surface area contributed by atoms with Gasteiger partial charge >= 0.3 is 0 Å². The van der Waals surface area contributed by atoms with Crippen LogP contribution in [0, 0.1) is 0 Å². The van der Waals surface area contributed by atoms with Gasteiger partial charge in [0.05, 0.1) is 0 Å². The molecular weight excluding hydrogens is 258 g/mol. The molecule has 3 nitrogen and oxygen atoms in total. The van der Waals surface area contributed by atoms with Crippen molar-refractivity contribution >= 4 is 11.6 Å². The quantitative estimate of drug-likeness (QED) is 0.907. The van der Waals surface area contributed by atoms with Gasteiger partial charge in [0.25, 0.3) is 0 Å². The number of likely N-dealkylation sites (N-methyl/N-ethyl adjacent to an activating group) is 3. The molecule has 106 valence electrons. The predicted octanol–water partition coefficient (Wildman–Crippen LogP) is 1.72. The highest BCUT2D eigenvalue weighted by molar-refractivity contribution is 6.30. The molecule has 4 heteroatoms. The molecule has 1 N–H and O–H groups in total. The number of hydrogen-bond donors (Lipinski definition) is 1. The molecule has 0 radical (unpaired) electrons. The van der Waals surface area contributed by atoms with Crippen molar-refractivity contribution in [1.82, 2.24) is 15.1 Å². The van der Waals surface area contributed by atoms with Crippen LogP contribution < -0.4 is 5.32 Å². The van der Waals surface area contributed by atoms with Gasteiger partial charge in [-0.25, -0.2) is 0 Å². The predicted molar refractivity (Wildman–Crippen MR) is 81.9 cm³/mol. The Balaban J connectivity index is 2.04. The molecule has 0 aliphatic carbocycles. The molecule has 2 atom stereocenters. The molecule has 19 heavy (non-hydrogen) atoms. The minimum Gasteiger partial charge on any atom is -0.315 e. The number of hydrogen-bond acceptors (Lipinski definition) is 3. The zero-order valence-corrected chi connectivity index (χ0v) is 12.8. The van der Waals surface area contributed by atoms with E-state index >= 15 is 0 Å². The van der Waals surface area contributed by atoms with Crippen LogP contribution in [0.3, 0.4) is 0 Å². The monoisotopic (exact) mass is 281 g/mol. The normalized spacial score (nSPS) is 23.5. The van der Waals surface area contributed by atoms with Crippen molar-refractivity contribution in [2.45, 2.75) is 18.5 Å². The van der Waals surface area contributed by atoms with E-state index < -0.39 is 0 Å². The summed E-state index contributed by atoms with van der Waals surface area (Å²) in [5, 5.41) is 4.29. The van der Waals surface area contributed by atoms with Crippen LogP contribution >= 0.6 is 11.6 Å². The standard InChI is InChI=1S/C15H24ClN3/c1-17-14(10-12-4-6-13(16)7-5-12)15-11-18(2)8-9-19(15)3/h4-7,14-15,17H,8-11H2,1-3H3. The second kappa shape index (κ2) is 6.71. The lowest BCUT2D eigenvalue weighted by Crippen LogP contribution is -2.58. The van der Waals surface area contributed by atoms with E-state index in [1.165, 1.54) is 5.56 Å². The molecule has 1 aliphatic rings. The maximum atomic E-state index is 5.94. The molecule has 1 aliphatic heterocycles. The Morgan fingerprint density at radius 3 is 2.58 bits per heavy atom. The van der Waals surface area contributed by atoms with Crippen LogP contribution in [0.2, 0.25) is 5.02 Å². The highest BCUT2D eigenvalue weighted by atomic mass is 35.5. The van der Waals surface area contributed by atoms with Gasteiger partial charge in [0.15, 0.2) is 0 Å². The minimum absolute atomic E-state index is 0.467. The Morgan fingerprint density at radius 1 is 1.26 bits per heavy atom. The number of piperazine rings is 1. The summed E-state index contributed by atoms with van der Waals surface area (Å²) in [7, 11) is 6.49. The summed E-state index contributed by atoms with van der Waals surface area (Å²) in [4.78, 5) is 4.88. The maximum absolute atomic E-state index is 5.94. The second-order valence-corrected chi connectivity index (χ2v) is 5.97. The fourth-order valence-corrected chi connectivity index (χ4v) is 2.91. The van der Waals surface area contributed by atoms with Crippen LogP contribution in [-0.2, 0) is 6.42 Å². The largest absolute Gasteiger partial charge is 0.315 e. The zero-order valence-electron chi connectivity index (χ0n) is 12.1. The summed E-state index contributed by atoms with van der Waals surface area (Å²) < 4.78 is 0. The van der Waals surface area contributed by atoms with E-state index in [9.17, 15) is 0 Å². The van der Waals surface area contributed by atoms with Crippen LogP contribution in [-0.4, -0.2) is 62.7 Å². The van der Waals surface area contributed by atoms with Gasteiger partial charge in [0, 0.05) is 36.7 Å².